The summed E-state index contributed by atoms with van der Waals surface area (Å²) in [6.45, 7) is 0.835. The lowest BCUT2D eigenvalue weighted by molar-refractivity contribution is 0.760. The van der Waals surface area contributed by atoms with Gasteiger partial charge in [-0.05, 0) is 25.1 Å². The number of nitrogens with two attached hydrogens (primary N) is 1. The molecule has 2 nitrogen and oxygen atoms in total. The van der Waals surface area contributed by atoms with Gasteiger partial charge in [-0.2, -0.15) is 0 Å². The van der Waals surface area contributed by atoms with Crippen LogP contribution in [-0.4, -0.2) is 17.5 Å². The van der Waals surface area contributed by atoms with Gasteiger partial charge in [-0.3, -0.25) is 0 Å². The molecule has 0 spiro atoms. The number of unbranched alkanes of at least 4 members (excludes halogenated alkanes) is 1. The summed E-state index contributed by atoms with van der Waals surface area (Å²) in [4.78, 5) is 0. The van der Waals surface area contributed by atoms with Gasteiger partial charge in [0.25, 0.3) is 0 Å². The molecule has 0 bridgehead atoms. The highest BCUT2D eigenvalue weighted by Crippen LogP contribution is 1.88. The van der Waals surface area contributed by atoms with E-state index in [9.17, 15) is 0 Å². The molecule has 0 heterocycles. The van der Waals surface area contributed by atoms with Crippen LogP contribution in [-0.2, 0) is 0 Å². The van der Waals surface area contributed by atoms with Gasteiger partial charge in [-0.15, -0.1) is 11.6 Å². The molecule has 0 fully saturated rings. The minimum atomic E-state index is 0.365. The molecule has 9 heavy (non-hydrogen) atoms. The molecule has 0 saturated heterocycles. The van der Waals surface area contributed by atoms with Gasteiger partial charge in [0.2, 0.25) is 0 Å². The first-order chi connectivity index (χ1) is 4.27. The molecule has 0 aromatic rings. The zero-order valence-corrected chi connectivity index (χ0v) is 6.76. The quantitative estimate of drug-likeness (QED) is 0.369. The van der Waals surface area contributed by atoms with Crippen molar-refractivity contribution in [1.82, 2.24) is 5.32 Å². The number of rotatable bonds is 4. The Morgan fingerprint density at radius 1 is 1.56 bits per heavy atom. The second kappa shape index (κ2) is 6.11. The summed E-state index contributed by atoms with van der Waals surface area (Å²) < 4.78 is 0. The third kappa shape index (κ3) is 7.98. The first-order valence-corrected chi connectivity index (χ1v) is 3.81. The molecule has 0 aromatic heterocycles. The number of nitrogens with one attached hydrogen (secondary N) is 1. The van der Waals surface area contributed by atoms with Crippen LogP contribution in [0.1, 0.15) is 12.8 Å². The van der Waals surface area contributed by atoms with Crippen LogP contribution in [0.25, 0.3) is 0 Å². The number of alkyl halides is 1. The monoisotopic (exact) mass is 166 g/mol. The maximum Gasteiger partial charge on any atom is 0.163 e. The van der Waals surface area contributed by atoms with Crippen LogP contribution in [0.2, 0.25) is 0 Å². The van der Waals surface area contributed by atoms with E-state index in [1.165, 1.54) is 0 Å². The van der Waals surface area contributed by atoms with Crippen molar-refractivity contribution in [2.75, 3.05) is 12.4 Å². The number of halogens is 1. The summed E-state index contributed by atoms with van der Waals surface area (Å²) in [7, 11) is 0. The van der Waals surface area contributed by atoms with Crippen molar-refractivity contribution in [2.45, 2.75) is 12.8 Å². The summed E-state index contributed by atoms with van der Waals surface area (Å²) >= 11 is 10.0. The first-order valence-electron chi connectivity index (χ1n) is 2.86. The number of thiocarbonyl (C=S) groups is 1. The van der Waals surface area contributed by atoms with Crippen molar-refractivity contribution >= 4 is 28.9 Å². The highest BCUT2D eigenvalue weighted by molar-refractivity contribution is 7.80. The average Bonchev–Trinajstić information content (AvgIpc) is 1.80. The van der Waals surface area contributed by atoms with Crippen LogP contribution in [0, 0.1) is 0 Å². The van der Waals surface area contributed by atoms with Crippen molar-refractivity contribution in [1.29, 1.82) is 0 Å². The lowest BCUT2D eigenvalue weighted by Gasteiger charge is -2.00. The molecule has 0 rings (SSSR count). The Balaban J connectivity index is 2.83. The predicted octanol–water partition coefficient (Wildman–Crippen LogP) is 0.839. The Hall–Kier alpha value is -0.0200. The third-order valence-electron chi connectivity index (χ3n) is 0.860. The zero-order valence-electron chi connectivity index (χ0n) is 5.19. The molecule has 54 valence electrons. The molecule has 0 aliphatic rings. The summed E-state index contributed by atoms with van der Waals surface area (Å²) in [5, 5.41) is 3.20. The fourth-order valence-corrected chi connectivity index (χ4v) is 0.722. The Kier molecular flexibility index (Phi) is 6.09. The molecule has 0 radical (unpaired) electrons. The number of hydrogen-bond donors (Lipinski definition) is 2. The predicted molar refractivity (Wildman–Crippen MR) is 44.7 cm³/mol. The first kappa shape index (κ1) is 8.98. The van der Waals surface area contributed by atoms with Crippen molar-refractivity contribution in [3.8, 4) is 0 Å². The SMILES string of the molecule is NC(=S)NCCCCCl. The van der Waals surface area contributed by atoms with Crippen LogP contribution in [0.3, 0.4) is 0 Å². The van der Waals surface area contributed by atoms with Gasteiger partial charge in [0.15, 0.2) is 5.11 Å². The van der Waals surface area contributed by atoms with Gasteiger partial charge in [0.05, 0.1) is 0 Å². The van der Waals surface area contributed by atoms with E-state index in [0.717, 1.165) is 19.4 Å². The molecule has 0 saturated carbocycles. The lowest BCUT2D eigenvalue weighted by atomic mass is 10.3. The molecule has 3 N–H and O–H groups in total. The molecule has 0 aliphatic carbocycles. The summed E-state index contributed by atoms with van der Waals surface area (Å²) in [6.07, 6.45) is 2.04. The highest BCUT2D eigenvalue weighted by atomic mass is 35.5. The minimum Gasteiger partial charge on any atom is -0.376 e. The van der Waals surface area contributed by atoms with E-state index in [-0.39, 0.29) is 0 Å². The summed E-state index contributed by atoms with van der Waals surface area (Å²) in [5.41, 5.74) is 5.16. The largest absolute Gasteiger partial charge is 0.376 e. The van der Waals surface area contributed by atoms with Gasteiger partial charge >= 0.3 is 0 Å². The molecule has 4 heteroatoms. The highest BCUT2D eigenvalue weighted by Gasteiger charge is 1.86. The normalized spacial score (nSPS) is 9.00. The Morgan fingerprint density at radius 3 is 2.67 bits per heavy atom. The van der Waals surface area contributed by atoms with Gasteiger partial charge < -0.3 is 11.1 Å². The zero-order chi connectivity index (χ0) is 7.11. The van der Waals surface area contributed by atoms with E-state index >= 15 is 0 Å². The van der Waals surface area contributed by atoms with E-state index in [0.29, 0.717) is 11.0 Å². The standard InChI is InChI=1S/C5H11ClN2S/c6-3-1-2-4-8-5(7)9/h1-4H2,(H3,7,8,9). The lowest BCUT2D eigenvalue weighted by Crippen LogP contribution is -2.29. The van der Waals surface area contributed by atoms with Gasteiger partial charge in [0.1, 0.15) is 0 Å². The van der Waals surface area contributed by atoms with Crippen LogP contribution in [0.4, 0.5) is 0 Å². The van der Waals surface area contributed by atoms with Crippen LogP contribution >= 0.6 is 23.8 Å². The van der Waals surface area contributed by atoms with Gasteiger partial charge in [-0.25, -0.2) is 0 Å². The van der Waals surface area contributed by atoms with Crippen molar-refractivity contribution < 1.29 is 0 Å². The molecule has 0 aliphatic heterocycles. The van der Waals surface area contributed by atoms with Crippen molar-refractivity contribution in [2.24, 2.45) is 5.73 Å². The van der Waals surface area contributed by atoms with Gasteiger partial charge in [-0.1, -0.05) is 0 Å². The molecular weight excluding hydrogens is 156 g/mol. The third-order valence-corrected chi connectivity index (χ3v) is 1.27. The molecule has 0 amide bonds. The second-order valence-corrected chi connectivity index (χ2v) is 2.50. The van der Waals surface area contributed by atoms with E-state index in [4.69, 9.17) is 17.3 Å². The molecule has 0 atom stereocenters. The Labute approximate surface area is 65.8 Å². The van der Waals surface area contributed by atoms with E-state index in [2.05, 4.69) is 17.5 Å². The molecule has 0 aromatic carbocycles. The Morgan fingerprint density at radius 2 is 2.22 bits per heavy atom. The van der Waals surface area contributed by atoms with E-state index in [1.54, 1.807) is 0 Å². The van der Waals surface area contributed by atoms with Gasteiger partial charge in [0, 0.05) is 12.4 Å². The van der Waals surface area contributed by atoms with E-state index in [1.807, 2.05) is 0 Å². The maximum absolute atomic E-state index is 5.42. The smallest absolute Gasteiger partial charge is 0.163 e. The van der Waals surface area contributed by atoms with Crippen molar-refractivity contribution in [3.05, 3.63) is 0 Å². The van der Waals surface area contributed by atoms with E-state index < -0.39 is 0 Å². The van der Waals surface area contributed by atoms with Crippen LogP contribution < -0.4 is 11.1 Å². The minimum absolute atomic E-state index is 0.365. The fourth-order valence-electron chi connectivity index (χ4n) is 0.431. The van der Waals surface area contributed by atoms with Crippen molar-refractivity contribution in [3.63, 3.8) is 0 Å². The summed E-state index contributed by atoms with van der Waals surface area (Å²) in [5.74, 6) is 0.707. The molecule has 0 unspecified atom stereocenters. The maximum atomic E-state index is 5.42. The Bertz CT molecular complexity index is 87.0. The topological polar surface area (TPSA) is 38.0 Å². The molecular formula is C5H11ClN2S. The average molecular weight is 167 g/mol. The fraction of sp³-hybridized carbons (Fsp3) is 0.800. The van der Waals surface area contributed by atoms with Crippen LogP contribution in [0.15, 0.2) is 0 Å². The summed E-state index contributed by atoms with van der Waals surface area (Å²) in [6, 6.07) is 0. The van der Waals surface area contributed by atoms with Crippen LogP contribution in [0.5, 0.6) is 0 Å². The number of hydrogen-bond acceptors (Lipinski definition) is 1. The second-order valence-electron chi connectivity index (χ2n) is 1.69.